The first kappa shape index (κ1) is 14.7. The Bertz CT molecular complexity index is 459. The molecule has 0 fully saturated rings. The number of hydrogen-bond acceptors (Lipinski definition) is 5. The predicted molar refractivity (Wildman–Crippen MR) is 82.3 cm³/mol. The number of ether oxygens (including phenoxy) is 1. The second-order valence-electron chi connectivity index (χ2n) is 5.28. The Kier molecular flexibility index (Phi) is 5.24. The molecule has 1 aromatic rings. The number of nitrogens with zero attached hydrogens (tertiary/aromatic N) is 3. The van der Waals surface area contributed by atoms with Crippen molar-refractivity contribution in [2.75, 3.05) is 47.4 Å². The fourth-order valence-electron chi connectivity index (χ4n) is 2.00. The molecule has 5 heteroatoms. The van der Waals surface area contributed by atoms with Crippen LogP contribution >= 0.6 is 0 Å². The van der Waals surface area contributed by atoms with Gasteiger partial charge in [0.25, 0.3) is 0 Å². The van der Waals surface area contributed by atoms with Crippen molar-refractivity contribution in [3.8, 4) is 5.75 Å². The van der Waals surface area contributed by atoms with Crippen LogP contribution in [0.15, 0.2) is 29.3 Å². The molecule has 0 unspecified atom stereocenters. The number of likely N-dealkylation sites (N-methyl/N-ethyl adjacent to an activating group) is 2. The van der Waals surface area contributed by atoms with Crippen molar-refractivity contribution >= 4 is 5.96 Å². The van der Waals surface area contributed by atoms with E-state index in [4.69, 9.17) is 4.74 Å². The zero-order valence-electron chi connectivity index (χ0n) is 12.6. The summed E-state index contributed by atoms with van der Waals surface area (Å²) in [4.78, 5) is 8.66. The average Bonchev–Trinajstić information content (AvgIpc) is 2.82. The van der Waals surface area contributed by atoms with Crippen LogP contribution in [0.4, 0.5) is 0 Å². The van der Waals surface area contributed by atoms with E-state index >= 15 is 0 Å². The monoisotopic (exact) mass is 276 g/mol. The number of aliphatic imine (C=N–C) groups is 1. The van der Waals surface area contributed by atoms with Crippen molar-refractivity contribution in [2.24, 2.45) is 4.99 Å². The highest BCUT2D eigenvalue weighted by Gasteiger charge is 2.11. The molecule has 0 saturated carbocycles. The minimum Gasteiger partial charge on any atom is -0.492 e. The largest absolute Gasteiger partial charge is 0.492 e. The molecule has 2 rings (SSSR count). The van der Waals surface area contributed by atoms with E-state index in [0.717, 1.165) is 37.9 Å². The van der Waals surface area contributed by atoms with Gasteiger partial charge in [-0.15, -0.1) is 0 Å². The van der Waals surface area contributed by atoms with E-state index in [9.17, 15) is 0 Å². The minimum atomic E-state index is 0.708. The third kappa shape index (κ3) is 4.42. The van der Waals surface area contributed by atoms with Gasteiger partial charge in [-0.3, -0.25) is 4.99 Å². The average molecular weight is 276 g/mol. The summed E-state index contributed by atoms with van der Waals surface area (Å²) < 4.78 is 5.74. The topological polar surface area (TPSA) is 40.1 Å². The van der Waals surface area contributed by atoms with Crippen molar-refractivity contribution in [3.63, 3.8) is 0 Å². The molecule has 0 amide bonds. The van der Waals surface area contributed by atoms with Crippen molar-refractivity contribution in [1.82, 2.24) is 15.1 Å². The first-order chi connectivity index (χ1) is 9.65. The summed E-state index contributed by atoms with van der Waals surface area (Å²) in [5.41, 5.74) is 1.20. The van der Waals surface area contributed by atoms with Crippen molar-refractivity contribution < 1.29 is 4.74 Å². The molecule has 0 spiro atoms. The lowest BCUT2D eigenvalue weighted by Crippen LogP contribution is -2.35. The molecule has 110 valence electrons. The lowest BCUT2D eigenvalue weighted by Gasteiger charge is -2.16. The molecule has 1 aliphatic heterocycles. The van der Waals surface area contributed by atoms with E-state index < -0.39 is 0 Å². The van der Waals surface area contributed by atoms with Crippen LogP contribution in [0.5, 0.6) is 5.75 Å². The van der Waals surface area contributed by atoms with Gasteiger partial charge in [-0.1, -0.05) is 12.1 Å². The molecule has 1 heterocycles. The molecule has 20 heavy (non-hydrogen) atoms. The molecule has 1 N–H and O–H groups in total. The quantitative estimate of drug-likeness (QED) is 0.842. The van der Waals surface area contributed by atoms with Crippen LogP contribution in [0.3, 0.4) is 0 Å². The molecule has 0 radical (unpaired) electrons. The SMILES string of the molecule is CN(C)CCOc1cccc(CNC2=NCCN2C)c1. The molecular formula is C15H24N4O. The van der Waals surface area contributed by atoms with Gasteiger partial charge in [0.2, 0.25) is 0 Å². The standard InChI is InChI=1S/C15H24N4O/c1-18(2)9-10-20-14-6-4-5-13(11-14)12-17-15-16-7-8-19(15)3/h4-6,11H,7-10,12H2,1-3H3,(H,16,17). The number of hydrogen-bond donors (Lipinski definition) is 1. The lowest BCUT2D eigenvalue weighted by atomic mass is 10.2. The zero-order chi connectivity index (χ0) is 14.4. The number of rotatable bonds is 6. The summed E-state index contributed by atoms with van der Waals surface area (Å²) >= 11 is 0. The second-order valence-corrected chi connectivity index (χ2v) is 5.28. The molecule has 1 aliphatic rings. The van der Waals surface area contributed by atoms with Gasteiger partial charge < -0.3 is 19.9 Å². The van der Waals surface area contributed by atoms with Crippen LogP contribution in [0, 0.1) is 0 Å². The van der Waals surface area contributed by atoms with Crippen LogP contribution < -0.4 is 10.1 Å². The maximum atomic E-state index is 5.74. The Labute approximate surface area is 121 Å². The van der Waals surface area contributed by atoms with Crippen LogP contribution in [-0.4, -0.2) is 63.1 Å². The summed E-state index contributed by atoms with van der Waals surface area (Å²) in [6.45, 7) is 4.28. The molecule has 5 nitrogen and oxygen atoms in total. The van der Waals surface area contributed by atoms with E-state index in [2.05, 4.69) is 39.3 Å². The smallest absolute Gasteiger partial charge is 0.194 e. The van der Waals surface area contributed by atoms with Gasteiger partial charge in [-0.25, -0.2) is 0 Å². The van der Waals surface area contributed by atoms with Gasteiger partial charge in [-0.05, 0) is 31.8 Å². The Balaban J connectivity index is 1.83. The van der Waals surface area contributed by atoms with Gasteiger partial charge in [0.15, 0.2) is 5.96 Å². The van der Waals surface area contributed by atoms with Gasteiger partial charge in [0.1, 0.15) is 12.4 Å². The maximum absolute atomic E-state index is 5.74. The van der Waals surface area contributed by atoms with Crippen molar-refractivity contribution in [3.05, 3.63) is 29.8 Å². The minimum absolute atomic E-state index is 0.708. The molecule has 1 aromatic carbocycles. The van der Waals surface area contributed by atoms with Gasteiger partial charge >= 0.3 is 0 Å². The number of nitrogens with one attached hydrogen (secondary N) is 1. The van der Waals surface area contributed by atoms with Crippen LogP contribution in [-0.2, 0) is 6.54 Å². The normalized spacial score (nSPS) is 14.6. The van der Waals surface area contributed by atoms with Crippen molar-refractivity contribution in [1.29, 1.82) is 0 Å². The number of guanidine groups is 1. The maximum Gasteiger partial charge on any atom is 0.194 e. The first-order valence-corrected chi connectivity index (χ1v) is 7.01. The zero-order valence-corrected chi connectivity index (χ0v) is 12.6. The third-order valence-corrected chi connectivity index (χ3v) is 3.21. The fraction of sp³-hybridized carbons (Fsp3) is 0.533. The Morgan fingerprint density at radius 1 is 1.40 bits per heavy atom. The molecule has 0 bridgehead atoms. The third-order valence-electron chi connectivity index (χ3n) is 3.21. The Morgan fingerprint density at radius 2 is 2.25 bits per heavy atom. The molecule has 0 aliphatic carbocycles. The molecule has 0 aromatic heterocycles. The molecular weight excluding hydrogens is 252 g/mol. The van der Waals surface area contributed by atoms with Crippen LogP contribution in [0.2, 0.25) is 0 Å². The Morgan fingerprint density at radius 3 is 2.95 bits per heavy atom. The van der Waals surface area contributed by atoms with E-state index in [-0.39, 0.29) is 0 Å². The van der Waals surface area contributed by atoms with E-state index in [1.165, 1.54) is 5.56 Å². The highest BCUT2D eigenvalue weighted by atomic mass is 16.5. The van der Waals surface area contributed by atoms with E-state index in [1.807, 2.05) is 26.2 Å². The van der Waals surface area contributed by atoms with Gasteiger partial charge in [-0.2, -0.15) is 0 Å². The van der Waals surface area contributed by atoms with E-state index in [0.29, 0.717) is 6.61 Å². The summed E-state index contributed by atoms with van der Waals surface area (Å²) in [5.74, 6) is 1.90. The molecule has 0 atom stereocenters. The summed E-state index contributed by atoms with van der Waals surface area (Å²) in [6, 6.07) is 8.21. The Hall–Kier alpha value is -1.75. The van der Waals surface area contributed by atoms with Crippen LogP contribution in [0.1, 0.15) is 5.56 Å². The molecule has 0 saturated heterocycles. The highest BCUT2D eigenvalue weighted by molar-refractivity contribution is 5.81. The lowest BCUT2D eigenvalue weighted by molar-refractivity contribution is 0.261. The predicted octanol–water partition coefficient (Wildman–Crippen LogP) is 1.02. The highest BCUT2D eigenvalue weighted by Crippen LogP contribution is 2.13. The summed E-state index contributed by atoms with van der Waals surface area (Å²) in [6.07, 6.45) is 0. The number of benzene rings is 1. The van der Waals surface area contributed by atoms with Gasteiger partial charge in [0.05, 0.1) is 6.54 Å². The fourth-order valence-corrected chi connectivity index (χ4v) is 2.00. The second kappa shape index (κ2) is 7.14. The first-order valence-electron chi connectivity index (χ1n) is 7.01. The summed E-state index contributed by atoms with van der Waals surface area (Å²) in [5, 5.41) is 3.36. The van der Waals surface area contributed by atoms with Crippen molar-refractivity contribution in [2.45, 2.75) is 6.54 Å². The van der Waals surface area contributed by atoms with Gasteiger partial charge in [0, 0.05) is 26.7 Å². The summed E-state index contributed by atoms with van der Waals surface area (Å²) in [7, 11) is 6.14. The van der Waals surface area contributed by atoms with Crippen LogP contribution in [0.25, 0.3) is 0 Å². The van der Waals surface area contributed by atoms with E-state index in [1.54, 1.807) is 0 Å².